The molecule has 0 aliphatic heterocycles. The molecule has 0 saturated heterocycles. The number of nitrogens with one attached hydrogen (secondary N) is 2. The van der Waals surface area contributed by atoms with E-state index in [1.54, 1.807) is 6.07 Å². The first kappa shape index (κ1) is 20.9. The third kappa shape index (κ3) is 3.84. The number of benzene rings is 1. The minimum atomic E-state index is -0.234. The normalized spacial score (nSPS) is 11.3. The number of amidine groups is 1. The van der Waals surface area contributed by atoms with E-state index in [0.29, 0.717) is 21.6 Å². The molecule has 0 spiro atoms. The molecule has 0 aliphatic rings. The number of nitrogen functional groups attached to an aromatic ring is 1. The second-order valence-electron chi connectivity index (χ2n) is 7.44. The van der Waals surface area contributed by atoms with Crippen molar-refractivity contribution in [2.75, 3.05) is 0 Å². The Labute approximate surface area is 168 Å². The van der Waals surface area contributed by atoms with Crippen molar-refractivity contribution in [3.05, 3.63) is 62.5 Å². The van der Waals surface area contributed by atoms with Gasteiger partial charge < -0.3 is 10.7 Å². The van der Waals surface area contributed by atoms with Crippen LogP contribution in [0.2, 0.25) is 5.02 Å². The van der Waals surface area contributed by atoms with Crippen molar-refractivity contribution in [2.45, 2.75) is 33.1 Å². The molecule has 0 unspecified atom stereocenters. The number of H-pyrrole nitrogens is 1. The number of aromatic amines is 1. The Balaban J connectivity index is 0.00000261. The van der Waals surface area contributed by atoms with Crippen molar-refractivity contribution in [3.8, 4) is 11.3 Å². The molecule has 2 aromatic heterocycles. The van der Waals surface area contributed by atoms with Crippen molar-refractivity contribution >= 4 is 40.7 Å². The number of nitrogens with two attached hydrogens (primary N) is 1. The summed E-state index contributed by atoms with van der Waals surface area (Å²) in [6.45, 7) is 8.33. The van der Waals surface area contributed by atoms with E-state index in [1.165, 1.54) is 12.3 Å². The third-order valence-electron chi connectivity index (χ3n) is 4.41. The van der Waals surface area contributed by atoms with Gasteiger partial charge in [-0.15, -0.1) is 12.4 Å². The highest BCUT2D eigenvalue weighted by Crippen LogP contribution is 2.35. The first-order valence-corrected chi connectivity index (χ1v) is 8.65. The minimum absolute atomic E-state index is 0. The van der Waals surface area contributed by atoms with Gasteiger partial charge in [0.05, 0.1) is 16.6 Å². The molecule has 3 rings (SSSR count). The van der Waals surface area contributed by atoms with Crippen LogP contribution in [0.3, 0.4) is 0 Å². The van der Waals surface area contributed by atoms with Gasteiger partial charge in [-0.2, -0.15) is 0 Å². The Bertz CT molecular complexity index is 1100. The maximum absolute atomic E-state index is 12.7. The lowest BCUT2D eigenvalue weighted by Crippen LogP contribution is -2.18. The molecule has 0 fully saturated rings. The van der Waals surface area contributed by atoms with Gasteiger partial charge in [-0.3, -0.25) is 15.2 Å². The Morgan fingerprint density at radius 1 is 1.26 bits per heavy atom. The standard InChI is InChI=1S/C20H21ClN4O.ClH/c1-10-7-12(20(2,3)4)13(21)8-11(10)15-9-16(26)17-14(25-15)5-6-24-18(17)19(22)23;/h5-9H,1-4H3,(H3,22,23)(H,25,26);1H. The summed E-state index contributed by atoms with van der Waals surface area (Å²) in [5.41, 5.74) is 9.64. The van der Waals surface area contributed by atoms with Crippen LogP contribution in [-0.4, -0.2) is 15.8 Å². The monoisotopic (exact) mass is 404 g/mol. The summed E-state index contributed by atoms with van der Waals surface area (Å²) in [6.07, 6.45) is 1.53. The number of aromatic nitrogens is 2. The molecule has 0 bridgehead atoms. The lowest BCUT2D eigenvalue weighted by atomic mass is 9.85. The zero-order valence-electron chi connectivity index (χ0n) is 15.6. The maximum atomic E-state index is 12.7. The first-order chi connectivity index (χ1) is 12.1. The maximum Gasteiger partial charge on any atom is 0.192 e. The molecule has 5 nitrogen and oxygen atoms in total. The van der Waals surface area contributed by atoms with E-state index in [9.17, 15) is 4.79 Å². The lowest BCUT2D eigenvalue weighted by molar-refractivity contribution is 0.590. The zero-order chi connectivity index (χ0) is 19.2. The molecule has 142 valence electrons. The smallest absolute Gasteiger partial charge is 0.192 e. The van der Waals surface area contributed by atoms with E-state index >= 15 is 0 Å². The molecule has 0 amide bonds. The molecule has 4 N–H and O–H groups in total. The first-order valence-electron chi connectivity index (χ1n) is 8.27. The summed E-state index contributed by atoms with van der Waals surface area (Å²) >= 11 is 6.51. The average Bonchev–Trinajstić information content (AvgIpc) is 2.54. The zero-order valence-corrected chi connectivity index (χ0v) is 17.2. The van der Waals surface area contributed by atoms with Crippen LogP contribution in [0.1, 0.15) is 37.6 Å². The largest absolute Gasteiger partial charge is 0.382 e. The van der Waals surface area contributed by atoms with Gasteiger partial charge in [0.25, 0.3) is 0 Å². The van der Waals surface area contributed by atoms with Crippen molar-refractivity contribution in [1.82, 2.24) is 9.97 Å². The molecule has 1 aromatic carbocycles. The number of hydrogen-bond acceptors (Lipinski definition) is 3. The molecule has 2 heterocycles. The van der Waals surface area contributed by atoms with Gasteiger partial charge in [-0.25, -0.2) is 0 Å². The summed E-state index contributed by atoms with van der Waals surface area (Å²) < 4.78 is 0. The highest BCUT2D eigenvalue weighted by molar-refractivity contribution is 6.31. The van der Waals surface area contributed by atoms with E-state index in [4.69, 9.17) is 22.7 Å². The van der Waals surface area contributed by atoms with Crippen molar-refractivity contribution in [3.63, 3.8) is 0 Å². The van der Waals surface area contributed by atoms with Gasteiger partial charge in [-0.05, 0) is 35.6 Å². The predicted octanol–water partition coefficient (Wildman–Crippen LogP) is 4.56. The second kappa shape index (κ2) is 7.33. The fourth-order valence-corrected chi connectivity index (χ4v) is 3.54. The van der Waals surface area contributed by atoms with E-state index in [1.807, 2.05) is 13.0 Å². The van der Waals surface area contributed by atoms with Crippen LogP contribution >= 0.6 is 24.0 Å². The molecule has 0 radical (unpaired) electrons. The molecular formula is C20H22Cl2N4O. The van der Waals surface area contributed by atoms with Gasteiger partial charge >= 0.3 is 0 Å². The van der Waals surface area contributed by atoms with Crippen LogP contribution < -0.4 is 11.2 Å². The van der Waals surface area contributed by atoms with Crippen LogP contribution in [0.15, 0.2) is 35.3 Å². The molecule has 27 heavy (non-hydrogen) atoms. The topological polar surface area (TPSA) is 95.6 Å². The molecule has 0 saturated carbocycles. The number of fused-ring (bicyclic) bond motifs is 1. The summed E-state index contributed by atoms with van der Waals surface area (Å²) in [4.78, 5) is 20.0. The van der Waals surface area contributed by atoms with Crippen LogP contribution in [0.5, 0.6) is 0 Å². The Morgan fingerprint density at radius 3 is 2.52 bits per heavy atom. The van der Waals surface area contributed by atoms with Gasteiger partial charge in [0.15, 0.2) is 5.43 Å². The number of aryl methyl sites for hydroxylation is 1. The van der Waals surface area contributed by atoms with Crippen molar-refractivity contribution in [1.29, 1.82) is 5.41 Å². The predicted molar refractivity (Wildman–Crippen MR) is 115 cm³/mol. The third-order valence-corrected chi connectivity index (χ3v) is 4.72. The van der Waals surface area contributed by atoms with E-state index < -0.39 is 0 Å². The quantitative estimate of drug-likeness (QED) is 0.431. The van der Waals surface area contributed by atoms with Crippen LogP contribution in [0.4, 0.5) is 0 Å². The average molecular weight is 405 g/mol. The van der Waals surface area contributed by atoms with Gasteiger partial charge in [0, 0.05) is 22.8 Å². The second-order valence-corrected chi connectivity index (χ2v) is 7.85. The van der Waals surface area contributed by atoms with Crippen molar-refractivity contribution in [2.24, 2.45) is 5.73 Å². The lowest BCUT2D eigenvalue weighted by Gasteiger charge is -2.22. The Morgan fingerprint density at radius 2 is 1.93 bits per heavy atom. The molecule has 0 aliphatic carbocycles. The van der Waals surface area contributed by atoms with Crippen LogP contribution in [0, 0.1) is 12.3 Å². The van der Waals surface area contributed by atoms with Gasteiger partial charge in [0.1, 0.15) is 11.5 Å². The van der Waals surface area contributed by atoms with E-state index in [2.05, 4.69) is 36.8 Å². The fraction of sp³-hybridized carbons (Fsp3) is 0.250. The SMILES string of the molecule is Cc1cc(C(C)(C)C)c(Cl)cc1-c1cc(=O)c2c(C(=N)N)nccc2[nH]1.Cl. The molecule has 7 heteroatoms. The summed E-state index contributed by atoms with van der Waals surface area (Å²) in [5.74, 6) is -0.234. The Kier molecular flexibility index (Phi) is 5.68. The number of rotatable bonds is 2. The van der Waals surface area contributed by atoms with Crippen LogP contribution in [0.25, 0.3) is 22.2 Å². The highest BCUT2D eigenvalue weighted by Gasteiger charge is 2.20. The van der Waals surface area contributed by atoms with Crippen LogP contribution in [-0.2, 0) is 5.41 Å². The van der Waals surface area contributed by atoms with E-state index in [0.717, 1.165) is 16.7 Å². The fourth-order valence-electron chi connectivity index (χ4n) is 3.10. The summed E-state index contributed by atoms with van der Waals surface area (Å²) in [5, 5.41) is 8.60. The number of pyridine rings is 2. The van der Waals surface area contributed by atoms with Crippen molar-refractivity contribution < 1.29 is 0 Å². The summed E-state index contributed by atoms with van der Waals surface area (Å²) in [7, 11) is 0. The highest BCUT2D eigenvalue weighted by atomic mass is 35.5. The molecule has 3 aromatic rings. The number of nitrogens with zero attached hydrogens (tertiary/aromatic N) is 1. The number of hydrogen-bond donors (Lipinski definition) is 3. The van der Waals surface area contributed by atoms with E-state index in [-0.39, 0.29) is 34.8 Å². The molecular weight excluding hydrogens is 383 g/mol. The summed E-state index contributed by atoms with van der Waals surface area (Å²) in [6, 6.07) is 7.16. The van der Waals surface area contributed by atoms with Gasteiger partial charge in [-0.1, -0.05) is 38.4 Å². The Hall–Kier alpha value is -2.37. The van der Waals surface area contributed by atoms with Gasteiger partial charge in [0.2, 0.25) is 0 Å². The minimum Gasteiger partial charge on any atom is -0.382 e. The number of halogens is 2. The molecule has 0 atom stereocenters.